The third-order valence-corrected chi connectivity index (χ3v) is 3.64. The number of rotatable bonds is 5. The number of nitrogens with zero attached hydrogens (tertiary/aromatic N) is 1. The summed E-state index contributed by atoms with van der Waals surface area (Å²) in [6.07, 6.45) is 8.57. The van der Waals surface area contributed by atoms with Crippen LogP contribution >= 0.6 is 0 Å². The summed E-state index contributed by atoms with van der Waals surface area (Å²) in [4.78, 5) is 11.8. The summed E-state index contributed by atoms with van der Waals surface area (Å²) < 4.78 is 4.79. The Hall–Kier alpha value is -1.30. The molecule has 17 heavy (non-hydrogen) atoms. The van der Waals surface area contributed by atoms with E-state index in [1.165, 1.54) is 26.4 Å². The van der Waals surface area contributed by atoms with Crippen LogP contribution in [0, 0.1) is 22.7 Å². The molecule has 0 heterocycles. The molecule has 1 rings (SSSR count). The molecular weight excluding hydrogens is 214 g/mol. The molecule has 0 spiro atoms. The highest BCUT2D eigenvalue weighted by molar-refractivity contribution is 5.80. The predicted octanol–water partition coefficient (Wildman–Crippen LogP) is 3.22. The average Bonchev–Trinajstić information content (AvgIpc) is 2.38. The molecule has 3 heteroatoms. The molecule has 0 saturated heterocycles. The highest BCUT2D eigenvalue weighted by Crippen LogP contribution is 2.37. The lowest BCUT2D eigenvalue weighted by Gasteiger charge is -2.29. The summed E-state index contributed by atoms with van der Waals surface area (Å²) in [6.45, 7) is 3.64. The van der Waals surface area contributed by atoms with Crippen LogP contribution in [0.4, 0.5) is 0 Å². The van der Waals surface area contributed by atoms with Gasteiger partial charge in [-0.25, -0.2) is 0 Å². The van der Waals surface area contributed by atoms with Crippen molar-refractivity contribution in [2.75, 3.05) is 7.11 Å². The number of nitriles is 1. The number of esters is 1. The molecule has 0 bridgehead atoms. The highest BCUT2D eigenvalue weighted by Gasteiger charge is 2.41. The summed E-state index contributed by atoms with van der Waals surface area (Å²) in [6, 6.07) is 2.17. The average molecular weight is 235 g/mol. The lowest BCUT2D eigenvalue weighted by Crippen LogP contribution is -2.33. The number of allylic oxidation sites excluding steroid dienone is 1. The fraction of sp³-hybridized carbons (Fsp3) is 0.714. The molecule has 0 radical (unpaired) electrons. The van der Waals surface area contributed by atoms with Crippen molar-refractivity contribution in [3.63, 3.8) is 0 Å². The van der Waals surface area contributed by atoms with Gasteiger partial charge in [-0.05, 0) is 18.8 Å². The number of carbonyl (C=O) groups excluding carboxylic acids is 1. The van der Waals surface area contributed by atoms with E-state index in [0.717, 1.165) is 12.8 Å². The second-order valence-corrected chi connectivity index (χ2v) is 4.89. The Morgan fingerprint density at radius 1 is 1.53 bits per heavy atom. The van der Waals surface area contributed by atoms with Gasteiger partial charge in [-0.3, -0.25) is 4.79 Å². The molecule has 0 aromatic rings. The van der Waals surface area contributed by atoms with Crippen molar-refractivity contribution in [1.29, 1.82) is 5.26 Å². The maximum Gasteiger partial charge on any atom is 0.326 e. The number of carbonyl (C=O) groups is 1. The van der Waals surface area contributed by atoms with E-state index in [-0.39, 0.29) is 0 Å². The largest absolute Gasteiger partial charge is 0.468 e. The maximum atomic E-state index is 11.8. The SMILES string of the molecule is C=CCC(C#N)(CC1CCCCC1)C(=O)OC. The first-order valence-corrected chi connectivity index (χ1v) is 6.29. The lowest BCUT2D eigenvalue weighted by atomic mass is 9.73. The van der Waals surface area contributed by atoms with Gasteiger partial charge in [0.2, 0.25) is 0 Å². The molecule has 94 valence electrons. The normalized spacial score (nSPS) is 20.0. The predicted molar refractivity (Wildman–Crippen MR) is 66.1 cm³/mol. The molecule has 3 nitrogen and oxygen atoms in total. The molecule has 1 saturated carbocycles. The van der Waals surface area contributed by atoms with Gasteiger partial charge < -0.3 is 4.74 Å². The molecule has 1 unspecified atom stereocenters. The van der Waals surface area contributed by atoms with Crippen molar-refractivity contribution in [3.8, 4) is 6.07 Å². The summed E-state index contributed by atoms with van der Waals surface area (Å²) in [5, 5.41) is 9.34. The topological polar surface area (TPSA) is 50.1 Å². The minimum atomic E-state index is -1.02. The minimum Gasteiger partial charge on any atom is -0.468 e. The molecule has 0 aromatic heterocycles. The Bertz CT molecular complexity index is 313. The fourth-order valence-corrected chi connectivity index (χ4v) is 2.71. The van der Waals surface area contributed by atoms with Gasteiger partial charge in [-0.2, -0.15) is 5.26 Å². The zero-order chi connectivity index (χ0) is 12.7. The van der Waals surface area contributed by atoms with Crippen LogP contribution in [0.2, 0.25) is 0 Å². The van der Waals surface area contributed by atoms with Crippen molar-refractivity contribution >= 4 is 5.97 Å². The van der Waals surface area contributed by atoms with E-state index in [9.17, 15) is 10.1 Å². The smallest absolute Gasteiger partial charge is 0.326 e. The lowest BCUT2D eigenvalue weighted by molar-refractivity contribution is -0.150. The Morgan fingerprint density at radius 2 is 2.18 bits per heavy atom. The molecule has 0 aromatic carbocycles. The van der Waals surface area contributed by atoms with E-state index >= 15 is 0 Å². The van der Waals surface area contributed by atoms with Gasteiger partial charge >= 0.3 is 5.97 Å². The van der Waals surface area contributed by atoms with Gasteiger partial charge in [0, 0.05) is 0 Å². The number of ether oxygens (including phenoxy) is 1. The van der Waals surface area contributed by atoms with Crippen LogP contribution in [-0.2, 0) is 9.53 Å². The Labute approximate surface area is 103 Å². The molecule has 0 amide bonds. The van der Waals surface area contributed by atoms with Gasteiger partial charge in [0.25, 0.3) is 0 Å². The molecule has 1 atom stereocenters. The van der Waals surface area contributed by atoms with Gasteiger partial charge in [-0.1, -0.05) is 38.2 Å². The standard InChI is InChI=1S/C14H21NO2/c1-3-9-14(11-15,13(16)17-2)10-12-7-5-4-6-8-12/h3,12H,1,4-10H2,2H3. The third kappa shape index (κ3) is 3.33. The minimum absolute atomic E-state index is 0.382. The van der Waals surface area contributed by atoms with Crippen LogP contribution in [0.3, 0.4) is 0 Å². The Kier molecular flexibility index (Phi) is 5.21. The van der Waals surface area contributed by atoms with Crippen LogP contribution in [-0.4, -0.2) is 13.1 Å². The summed E-state index contributed by atoms with van der Waals surface area (Å²) in [5.41, 5.74) is -1.02. The van der Waals surface area contributed by atoms with E-state index in [0.29, 0.717) is 18.8 Å². The number of hydrogen-bond acceptors (Lipinski definition) is 3. The molecule has 0 N–H and O–H groups in total. The third-order valence-electron chi connectivity index (χ3n) is 3.64. The van der Waals surface area contributed by atoms with E-state index in [2.05, 4.69) is 12.6 Å². The molecule has 1 aliphatic rings. The van der Waals surface area contributed by atoms with Crippen molar-refractivity contribution in [1.82, 2.24) is 0 Å². The van der Waals surface area contributed by atoms with Gasteiger partial charge in [0.1, 0.15) is 0 Å². The molecule has 0 aliphatic heterocycles. The van der Waals surface area contributed by atoms with Gasteiger partial charge in [0.05, 0.1) is 13.2 Å². The van der Waals surface area contributed by atoms with Gasteiger partial charge in [0.15, 0.2) is 5.41 Å². The second-order valence-electron chi connectivity index (χ2n) is 4.89. The maximum absolute atomic E-state index is 11.8. The molecule has 1 fully saturated rings. The van der Waals surface area contributed by atoms with Crippen molar-refractivity contribution in [3.05, 3.63) is 12.7 Å². The van der Waals surface area contributed by atoms with E-state index < -0.39 is 11.4 Å². The van der Waals surface area contributed by atoms with Gasteiger partial charge in [-0.15, -0.1) is 6.58 Å². The zero-order valence-corrected chi connectivity index (χ0v) is 10.6. The van der Waals surface area contributed by atoms with Crippen molar-refractivity contribution in [2.45, 2.75) is 44.9 Å². The summed E-state index contributed by atoms with van der Waals surface area (Å²) in [5.74, 6) is 0.0629. The van der Waals surface area contributed by atoms with E-state index in [1.807, 2.05) is 0 Å². The van der Waals surface area contributed by atoms with Crippen LogP contribution < -0.4 is 0 Å². The number of hydrogen-bond donors (Lipinski definition) is 0. The van der Waals surface area contributed by atoms with Crippen LogP contribution in [0.25, 0.3) is 0 Å². The van der Waals surface area contributed by atoms with Crippen LogP contribution in [0.15, 0.2) is 12.7 Å². The summed E-state index contributed by atoms with van der Waals surface area (Å²) >= 11 is 0. The fourth-order valence-electron chi connectivity index (χ4n) is 2.71. The van der Waals surface area contributed by atoms with Crippen molar-refractivity contribution in [2.24, 2.45) is 11.3 Å². The first-order valence-electron chi connectivity index (χ1n) is 6.29. The number of methoxy groups -OCH3 is 1. The first kappa shape index (κ1) is 13.8. The van der Waals surface area contributed by atoms with E-state index in [1.54, 1.807) is 6.08 Å². The Balaban J connectivity index is 2.77. The van der Waals surface area contributed by atoms with Crippen LogP contribution in [0.1, 0.15) is 44.9 Å². The zero-order valence-electron chi connectivity index (χ0n) is 10.6. The summed E-state index contributed by atoms with van der Waals surface area (Å²) in [7, 11) is 1.35. The monoisotopic (exact) mass is 235 g/mol. The second kappa shape index (κ2) is 6.44. The quantitative estimate of drug-likeness (QED) is 0.543. The van der Waals surface area contributed by atoms with Crippen molar-refractivity contribution < 1.29 is 9.53 Å². The van der Waals surface area contributed by atoms with E-state index in [4.69, 9.17) is 4.74 Å². The molecular formula is C14H21NO2. The van der Waals surface area contributed by atoms with Crippen LogP contribution in [0.5, 0.6) is 0 Å². The highest BCUT2D eigenvalue weighted by atomic mass is 16.5. The molecule has 1 aliphatic carbocycles. The first-order chi connectivity index (χ1) is 8.18. The Morgan fingerprint density at radius 3 is 2.65 bits per heavy atom.